The molecule has 0 aliphatic rings. The summed E-state index contributed by atoms with van der Waals surface area (Å²) in [7, 11) is 0. The Bertz CT molecular complexity index is 1380. The zero-order valence-corrected chi connectivity index (χ0v) is 22.3. The first-order chi connectivity index (χ1) is 19.3. The molecular formula is C34H34O6. The maximum Gasteiger partial charge on any atom is 0.307 e. The van der Waals surface area contributed by atoms with Gasteiger partial charge in [0, 0.05) is 11.1 Å². The van der Waals surface area contributed by atoms with Crippen molar-refractivity contribution in [1.29, 1.82) is 0 Å². The zero-order chi connectivity index (χ0) is 28.5. The number of hydrogen-bond acceptors (Lipinski definition) is 4. The maximum absolute atomic E-state index is 11.1. The van der Waals surface area contributed by atoms with E-state index < -0.39 is 11.9 Å². The van der Waals surface area contributed by atoms with Crippen LogP contribution in [-0.4, -0.2) is 32.4 Å². The summed E-state index contributed by atoms with van der Waals surface area (Å²) in [5.41, 5.74) is 6.68. The molecule has 0 unspecified atom stereocenters. The Labute approximate surface area is 234 Å². The van der Waals surface area contributed by atoms with Crippen molar-refractivity contribution < 1.29 is 30.0 Å². The average Bonchev–Trinajstić information content (AvgIpc) is 2.92. The predicted octanol–water partition coefficient (Wildman–Crippen LogP) is 7.03. The van der Waals surface area contributed by atoms with Crippen LogP contribution in [0.15, 0.2) is 84.9 Å². The van der Waals surface area contributed by atoms with Crippen molar-refractivity contribution in [3.63, 3.8) is 0 Å². The van der Waals surface area contributed by atoms with Gasteiger partial charge >= 0.3 is 11.9 Å². The summed E-state index contributed by atoms with van der Waals surface area (Å²) in [5.74, 6) is -1.41. The number of carboxylic acids is 2. The molecule has 0 radical (unpaired) electrons. The third kappa shape index (κ3) is 7.96. The van der Waals surface area contributed by atoms with Crippen molar-refractivity contribution in [2.45, 2.75) is 51.4 Å². The van der Waals surface area contributed by atoms with Gasteiger partial charge in [-0.15, -0.1) is 0 Å². The SMILES string of the molecule is O=C(O)Cc1cccc(-c2cc(CCCCCCc3ccc(O)c(-c4cccc(CC(=O)O)c4)c3)ccc2O)c1. The molecule has 4 N–H and O–H groups in total. The first-order valence-electron chi connectivity index (χ1n) is 13.5. The molecule has 4 aromatic rings. The highest BCUT2D eigenvalue weighted by molar-refractivity contribution is 5.75. The lowest BCUT2D eigenvalue weighted by Gasteiger charge is -2.10. The molecule has 0 amide bonds. The van der Waals surface area contributed by atoms with Crippen LogP contribution in [0.1, 0.15) is 47.9 Å². The molecule has 6 nitrogen and oxygen atoms in total. The molecule has 0 saturated carbocycles. The van der Waals surface area contributed by atoms with E-state index >= 15 is 0 Å². The van der Waals surface area contributed by atoms with E-state index in [1.54, 1.807) is 24.3 Å². The fraction of sp³-hybridized carbons (Fsp3) is 0.235. The van der Waals surface area contributed by atoms with Gasteiger partial charge < -0.3 is 20.4 Å². The quantitative estimate of drug-likeness (QED) is 0.136. The molecule has 4 rings (SSSR count). The van der Waals surface area contributed by atoms with Crippen molar-refractivity contribution in [3.05, 3.63) is 107 Å². The van der Waals surface area contributed by atoms with Gasteiger partial charge in [-0.2, -0.15) is 0 Å². The fourth-order valence-corrected chi connectivity index (χ4v) is 5.00. The zero-order valence-electron chi connectivity index (χ0n) is 22.3. The molecule has 206 valence electrons. The van der Waals surface area contributed by atoms with Gasteiger partial charge in [-0.05, 0) is 83.3 Å². The van der Waals surface area contributed by atoms with Crippen molar-refractivity contribution in [1.82, 2.24) is 0 Å². The summed E-state index contributed by atoms with van der Waals surface area (Å²) < 4.78 is 0. The molecular weight excluding hydrogens is 504 g/mol. The van der Waals surface area contributed by atoms with Gasteiger partial charge in [-0.1, -0.05) is 73.5 Å². The predicted molar refractivity (Wildman–Crippen MR) is 156 cm³/mol. The van der Waals surface area contributed by atoms with Gasteiger partial charge in [0.15, 0.2) is 0 Å². The first kappa shape index (κ1) is 28.4. The van der Waals surface area contributed by atoms with Crippen LogP contribution in [0.3, 0.4) is 0 Å². The second-order valence-corrected chi connectivity index (χ2v) is 10.2. The molecule has 0 aliphatic carbocycles. The van der Waals surface area contributed by atoms with Crippen LogP contribution in [0.5, 0.6) is 11.5 Å². The van der Waals surface area contributed by atoms with E-state index in [-0.39, 0.29) is 24.3 Å². The second-order valence-electron chi connectivity index (χ2n) is 10.2. The van der Waals surface area contributed by atoms with Crippen LogP contribution in [0.25, 0.3) is 22.3 Å². The van der Waals surface area contributed by atoms with Crippen LogP contribution in [0.2, 0.25) is 0 Å². The summed E-state index contributed by atoms with van der Waals surface area (Å²) in [6, 6.07) is 25.8. The van der Waals surface area contributed by atoms with Crippen molar-refractivity contribution in [2.24, 2.45) is 0 Å². The minimum atomic E-state index is -0.885. The Morgan fingerprint density at radius 3 is 1.32 bits per heavy atom. The van der Waals surface area contributed by atoms with E-state index in [1.807, 2.05) is 60.7 Å². The van der Waals surface area contributed by atoms with E-state index in [0.29, 0.717) is 22.3 Å². The van der Waals surface area contributed by atoms with Gasteiger partial charge in [0.1, 0.15) is 11.5 Å². The fourth-order valence-electron chi connectivity index (χ4n) is 5.00. The number of phenolic OH excluding ortho intramolecular Hbond substituents is 2. The van der Waals surface area contributed by atoms with E-state index in [2.05, 4.69) is 0 Å². The normalized spacial score (nSPS) is 10.9. The molecule has 0 fully saturated rings. The number of benzene rings is 4. The Balaban J connectivity index is 1.29. The highest BCUT2D eigenvalue weighted by Crippen LogP contribution is 2.32. The van der Waals surface area contributed by atoms with E-state index in [9.17, 15) is 19.8 Å². The summed E-state index contributed by atoms with van der Waals surface area (Å²) in [6.07, 6.45) is 5.82. The maximum atomic E-state index is 11.1. The molecule has 0 aromatic heterocycles. The van der Waals surface area contributed by atoms with Crippen molar-refractivity contribution in [2.75, 3.05) is 0 Å². The minimum absolute atomic E-state index is 0.0558. The van der Waals surface area contributed by atoms with Gasteiger partial charge in [-0.25, -0.2) is 0 Å². The van der Waals surface area contributed by atoms with Gasteiger partial charge in [0.2, 0.25) is 0 Å². The van der Waals surface area contributed by atoms with Crippen LogP contribution in [0, 0.1) is 0 Å². The van der Waals surface area contributed by atoms with Crippen LogP contribution >= 0.6 is 0 Å². The third-order valence-corrected chi connectivity index (χ3v) is 6.99. The Hall–Kier alpha value is -4.58. The first-order valence-corrected chi connectivity index (χ1v) is 13.5. The molecule has 0 aliphatic heterocycles. The molecule has 0 spiro atoms. The number of aliphatic carboxylic acids is 2. The van der Waals surface area contributed by atoms with E-state index in [0.717, 1.165) is 60.8 Å². The van der Waals surface area contributed by atoms with Crippen molar-refractivity contribution >= 4 is 11.9 Å². The lowest BCUT2D eigenvalue weighted by atomic mass is 9.96. The number of carbonyl (C=O) groups is 2. The number of aryl methyl sites for hydroxylation is 2. The van der Waals surface area contributed by atoms with Gasteiger partial charge in [-0.3, -0.25) is 9.59 Å². The largest absolute Gasteiger partial charge is 0.507 e. The monoisotopic (exact) mass is 538 g/mol. The second kappa shape index (κ2) is 13.5. The Morgan fingerprint density at radius 2 is 0.925 bits per heavy atom. The molecule has 0 saturated heterocycles. The van der Waals surface area contributed by atoms with Gasteiger partial charge in [0.25, 0.3) is 0 Å². The lowest BCUT2D eigenvalue weighted by Crippen LogP contribution is -1.99. The highest BCUT2D eigenvalue weighted by Gasteiger charge is 2.10. The molecule has 4 aromatic carbocycles. The van der Waals surface area contributed by atoms with Crippen LogP contribution in [-0.2, 0) is 35.3 Å². The van der Waals surface area contributed by atoms with Gasteiger partial charge in [0.05, 0.1) is 12.8 Å². The molecule has 0 atom stereocenters. The van der Waals surface area contributed by atoms with E-state index in [1.165, 1.54) is 0 Å². The standard InChI is InChI=1S/C34H34O6/c35-31-15-13-23(19-29(31)27-11-5-9-25(17-27)21-33(37)38)7-3-1-2-4-8-24-14-16-32(36)30(20-24)28-12-6-10-26(18-28)22-34(39)40/h5-6,9-20,35-36H,1-4,7-8,21-22H2,(H,37,38)(H,39,40). The summed E-state index contributed by atoms with van der Waals surface area (Å²) in [5, 5.41) is 39.0. The number of phenols is 2. The summed E-state index contributed by atoms with van der Waals surface area (Å²) in [4.78, 5) is 22.1. The number of hydrogen-bond donors (Lipinski definition) is 4. The smallest absolute Gasteiger partial charge is 0.307 e. The third-order valence-electron chi connectivity index (χ3n) is 6.99. The topological polar surface area (TPSA) is 115 Å². The van der Waals surface area contributed by atoms with E-state index in [4.69, 9.17) is 10.2 Å². The molecule has 40 heavy (non-hydrogen) atoms. The molecule has 0 heterocycles. The summed E-state index contributed by atoms with van der Waals surface area (Å²) >= 11 is 0. The Kier molecular flexibility index (Phi) is 9.57. The molecule has 6 heteroatoms. The average molecular weight is 539 g/mol. The number of unbranched alkanes of at least 4 members (excludes halogenated alkanes) is 3. The summed E-state index contributed by atoms with van der Waals surface area (Å²) in [6.45, 7) is 0. The Morgan fingerprint density at radius 1 is 0.500 bits per heavy atom. The number of aromatic hydroxyl groups is 2. The van der Waals surface area contributed by atoms with Crippen molar-refractivity contribution in [3.8, 4) is 33.8 Å². The number of carboxylic acid groups (broad SMARTS) is 2. The minimum Gasteiger partial charge on any atom is -0.507 e. The van der Waals surface area contributed by atoms with Crippen LogP contribution < -0.4 is 0 Å². The lowest BCUT2D eigenvalue weighted by molar-refractivity contribution is -0.137. The highest BCUT2D eigenvalue weighted by atomic mass is 16.4. The molecule has 0 bridgehead atoms. The van der Waals surface area contributed by atoms with Crippen LogP contribution in [0.4, 0.5) is 0 Å². The number of rotatable bonds is 13.